The van der Waals surface area contributed by atoms with Crippen LogP contribution in [0.1, 0.15) is 41.4 Å². The molecule has 7 nitrogen and oxygen atoms in total. The smallest absolute Gasteiger partial charge is 0.224 e. The molecule has 0 fully saturated rings. The molecule has 0 aliphatic carbocycles. The number of aryl methyl sites for hydroxylation is 1. The number of phenols is 1. The van der Waals surface area contributed by atoms with Crippen LogP contribution in [-0.4, -0.2) is 32.4 Å². The SMILES string of the molecule is CCOc1ccc(CNc2nc(C(=O)CCCc3cccc(O)c3)c3sccc3n2)cn1. The quantitative estimate of drug-likeness (QED) is 0.329. The second kappa shape index (κ2) is 10.2. The van der Waals surface area contributed by atoms with Gasteiger partial charge in [0, 0.05) is 25.2 Å². The summed E-state index contributed by atoms with van der Waals surface area (Å²) in [5, 5.41) is 14.7. The first kappa shape index (κ1) is 21.7. The molecule has 0 amide bonds. The van der Waals surface area contributed by atoms with Crippen LogP contribution in [0.5, 0.6) is 11.6 Å². The number of fused-ring (bicyclic) bond motifs is 1. The molecule has 4 rings (SSSR count). The van der Waals surface area contributed by atoms with Gasteiger partial charge in [-0.3, -0.25) is 4.79 Å². The lowest BCUT2D eigenvalue weighted by molar-refractivity contribution is 0.0977. The lowest BCUT2D eigenvalue weighted by Crippen LogP contribution is -2.09. The largest absolute Gasteiger partial charge is 0.508 e. The van der Waals surface area contributed by atoms with Crippen LogP contribution in [0.4, 0.5) is 5.95 Å². The van der Waals surface area contributed by atoms with Crippen molar-refractivity contribution >= 4 is 33.3 Å². The Labute approximate surface area is 190 Å². The minimum absolute atomic E-state index is 0.00853. The molecule has 0 aliphatic heterocycles. The summed E-state index contributed by atoms with van der Waals surface area (Å²) in [4.78, 5) is 26.3. The Hall–Kier alpha value is -3.52. The number of thiophene rings is 1. The Kier molecular flexibility index (Phi) is 6.91. The number of rotatable bonds is 10. The zero-order valence-corrected chi connectivity index (χ0v) is 18.6. The Morgan fingerprint density at radius 3 is 2.84 bits per heavy atom. The molecule has 0 aliphatic rings. The van der Waals surface area contributed by atoms with Gasteiger partial charge in [0.15, 0.2) is 5.78 Å². The average Bonchev–Trinajstić information content (AvgIpc) is 3.27. The van der Waals surface area contributed by atoms with Gasteiger partial charge in [0.1, 0.15) is 11.4 Å². The van der Waals surface area contributed by atoms with E-state index in [1.165, 1.54) is 11.3 Å². The number of Topliss-reactive ketones (excluding diaryl/α,β-unsaturated/α-hetero) is 1. The summed E-state index contributed by atoms with van der Waals surface area (Å²) in [5.41, 5.74) is 3.18. The molecule has 0 saturated heterocycles. The number of ketones is 1. The van der Waals surface area contributed by atoms with Gasteiger partial charge in [0.25, 0.3) is 0 Å². The molecular formula is C24H24N4O3S. The summed E-state index contributed by atoms with van der Waals surface area (Å²) in [6.45, 7) is 2.98. The first-order valence-corrected chi connectivity index (χ1v) is 11.4. The number of aromatic hydroxyl groups is 1. The monoisotopic (exact) mass is 448 g/mol. The van der Waals surface area contributed by atoms with Crippen molar-refractivity contribution in [1.82, 2.24) is 15.0 Å². The maximum atomic E-state index is 13.0. The van der Waals surface area contributed by atoms with Crippen LogP contribution in [0.3, 0.4) is 0 Å². The molecule has 0 radical (unpaired) electrons. The molecule has 2 N–H and O–H groups in total. The standard InChI is InChI=1S/C24H24N4O3S/c1-2-31-21-10-9-17(14-25-21)15-26-24-27-19-11-12-32-23(19)22(28-24)20(30)8-4-6-16-5-3-7-18(29)13-16/h3,5,7,9-14,29H,2,4,6,8,15H2,1H3,(H,26,27,28). The van der Waals surface area contributed by atoms with Gasteiger partial charge in [0.2, 0.25) is 11.8 Å². The van der Waals surface area contributed by atoms with E-state index in [9.17, 15) is 9.90 Å². The second-order valence-electron chi connectivity index (χ2n) is 7.27. The number of carbonyl (C=O) groups excluding carboxylic acids is 1. The predicted octanol–water partition coefficient (Wildman–Crippen LogP) is 5.01. The van der Waals surface area contributed by atoms with Crippen LogP contribution < -0.4 is 10.1 Å². The maximum absolute atomic E-state index is 13.0. The molecule has 3 heterocycles. The zero-order valence-electron chi connectivity index (χ0n) is 17.7. The summed E-state index contributed by atoms with van der Waals surface area (Å²) >= 11 is 1.47. The van der Waals surface area contributed by atoms with Crippen LogP contribution in [-0.2, 0) is 13.0 Å². The van der Waals surface area contributed by atoms with Gasteiger partial charge in [-0.15, -0.1) is 11.3 Å². The number of hydrogen-bond acceptors (Lipinski definition) is 8. The number of aromatic nitrogens is 3. The number of benzene rings is 1. The van der Waals surface area contributed by atoms with Crippen molar-refractivity contribution in [2.24, 2.45) is 0 Å². The van der Waals surface area contributed by atoms with Gasteiger partial charge < -0.3 is 15.2 Å². The molecule has 8 heteroatoms. The maximum Gasteiger partial charge on any atom is 0.224 e. The third kappa shape index (κ3) is 5.39. The van der Waals surface area contributed by atoms with Gasteiger partial charge in [-0.2, -0.15) is 0 Å². The van der Waals surface area contributed by atoms with Gasteiger partial charge in [-0.1, -0.05) is 18.2 Å². The van der Waals surface area contributed by atoms with E-state index in [0.29, 0.717) is 49.9 Å². The molecule has 0 atom stereocenters. The summed E-state index contributed by atoms with van der Waals surface area (Å²) in [7, 11) is 0. The van der Waals surface area contributed by atoms with Crippen molar-refractivity contribution in [2.75, 3.05) is 11.9 Å². The first-order chi connectivity index (χ1) is 15.6. The Bertz CT molecular complexity index is 1210. The lowest BCUT2D eigenvalue weighted by atomic mass is 10.0. The normalized spacial score (nSPS) is 10.9. The molecule has 164 valence electrons. The number of phenolic OH excluding ortho intramolecular Hbond substituents is 1. The highest BCUT2D eigenvalue weighted by Crippen LogP contribution is 2.25. The van der Waals surface area contributed by atoms with Crippen molar-refractivity contribution in [1.29, 1.82) is 0 Å². The second-order valence-corrected chi connectivity index (χ2v) is 8.18. The van der Waals surface area contributed by atoms with E-state index in [4.69, 9.17) is 4.74 Å². The van der Waals surface area contributed by atoms with Crippen molar-refractivity contribution in [3.8, 4) is 11.6 Å². The molecule has 1 aromatic carbocycles. The molecule has 0 unspecified atom stereocenters. The Morgan fingerprint density at radius 2 is 2.06 bits per heavy atom. The highest BCUT2D eigenvalue weighted by Gasteiger charge is 2.16. The molecule has 0 bridgehead atoms. The van der Waals surface area contributed by atoms with E-state index in [1.807, 2.05) is 42.6 Å². The third-order valence-corrected chi connectivity index (χ3v) is 5.80. The molecule has 4 aromatic rings. The highest BCUT2D eigenvalue weighted by atomic mass is 32.1. The lowest BCUT2D eigenvalue weighted by Gasteiger charge is -2.09. The fourth-order valence-electron chi connectivity index (χ4n) is 3.34. The number of ether oxygens (including phenoxy) is 1. The third-order valence-electron chi connectivity index (χ3n) is 4.89. The van der Waals surface area contributed by atoms with Crippen LogP contribution >= 0.6 is 11.3 Å². The minimum Gasteiger partial charge on any atom is -0.508 e. The fraction of sp³-hybridized carbons (Fsp3) is 0.250. The first-order valence-electron chi connectivity index (χ1n) is 10.5. The highest BCUT2D eigenvalue weighted by molar-refractivity contribution is 7.17. The number of anilines is 1. The number of carbonyl (C=O) groups is 1. The number of nitrogens with one attached hydrogen (secondary N) is 1. The molecule has 0 spiro atoms. The van der Waals surface area contributed by atoms with Crippen molar-refractivity contribution < 1.29 is 14.6 Å². The minimum atomic E-state index is -0.00853. The molecule has 3 aromatic heterocycles. The van der Waals surface area contributed by atoms with Gasteiger partial charge >= 0.3 is 0 Å². The van der Waals surface area contributed by atoms with Crippen molar-refractivity contribution in [3.05, 3.63) is 70.9 Å². The Balaban J connectivity index is 1.43. The molecule has 32 heavy (non-hydrogen) atoms. The number of hydrogen-bond donors (Lipinski definition) is 2. The van der Waals surface area contributed by atoms with Crippen molar-refractivity contribution in [3.63, 3.8) is 0 Å². The van der Waals surface area contributed by atoms with Crippen molar-refractivity contribution in [2.45, 2.75) is 32.7 Å². The van der Waals surface area contributed by atoms with E-state index in [-0.39, 0.29) is 11.5 Å². The number of nitrogens with zero attached hydrogens (tertiary/aromatic N) is 3. The summed E-state index contributed by atoms with van der Waals surface area (Å²) in [5.74, 6) is 1.24. The molecule has 0 saturated carbocycles. The summed E-state index contributed by atoms with van der Waals surface area (Å²) in [6, 6.07) is 12.8. The van der Waals surface area contributed by atoms with Crippen LogP contribution in [0.2, 0.25) is 0 Å². The number of pyridine rings is 1. The molecular weight excluding hydrogens is 424 g/mol. The fourth-order valence-corrected chi connectivity index (χ4v) is 4.18. The average molecular weight is 449 g/mol. The van der Waals surface area contributed by atoms with E-state index >= 15 is 0 Å². The van der Waals surface area contributed by atoms with E-state index in [0.717, 1.165) is 21.3 Å². The van der Waals surface area contributed by atoms with Gasteiger partial charge in [0.05, 0.1) is 16.8 Å². The Morgan fingerprint density at radius 1 is 1.16 bits per heavy atom. The van der Waals surface area contributed by atoms with E-state index < -0.39 is 0 Å². The summed E-state index contributed by atoms with van der Waals surface area (Å²) in [6.07, 6.45) is 3.52. The van der Waals surface area contributed by atoms with Gasteiger partial charge in [-0.25, -0.2) is 15.0 Å². The predicted molar refractivity (Wildman–Crippen MR) is 126 cm³/mol. The topological polar surface area (TPSA) is 97.2 Å². The zero-order chi connectivity index (χ0) is 22.3. The van der Waals surface area contributed by atoms with Crippen LogP contribution in [0.25, 0.3) is 10.2 Å². The van der Waals surface area contributed by atoms with Gasteiger partial charge in [-0.05, 0) is 54.5 Å². The summed E-state index contributed by atoms with van der Waals surface area (Å²) < 4.78 is 6.17. The van der Waals surface area contributed by atoms with Crippen LogP contribution in [0.15, 0.2) is 54.0 Å². The van der Waals surface area contributed by atoms with E-state index in [1.54, 1.807) is 18.3 Å². The van der Waals surface area contributed by atoms with E-state index in [2.05, 4.69) is 20.3 Å². The van der Waals surface area contributed by atoms with Crippen LogP contribution in [0, 0.1) is 0 Å².